The smallest absolute Gasteiger partial charge is 0.278 e. The summed E-state index contributed by atoms with van der Waals surface area (Å²) in [5.41, 5.74) is 2.86. The molecule has 150 valence electrons. The summed E-state index contributed by atoms with van der Waals surface area (Å²) in [6, 6.07) is 16.5. The summed E-state index contributed by atoms with van der Waals surface area (Å²) in [5, 5.41) is 2.71. The lowest BCUT2D eigenvalue weighted by atomic mass is 10.0. The molecule has 0 spiro atoms. The maximum absolute atomic E-state index is 13.2. The number of benzene rings is 2. The van der Waals surface area contributed by atoms with Gasteiger partial charge in [-0.15, -0.1) is 0 Å². The topological polar surface area (TPSA) is 69.7 Å². The van der Waals surface area contributed by atoms with E-state index in [2.05, 4.69) is 5.32 Å². The molecule has 6 nitrogen and oxygen atoms in total. The number of rotatable bonds is 7. The number of hydrogen-bond acceptors (Lipinski definition) is 4. The Morgan fingerprint density at radius 2 is 1.66 bits per heavy atom. The fraction of sp³-hybridized carbons (Fsp3) is 0.261. The Labute approximate surface area is 170 Å². The summed E-state index contributed by atoms with van der Waals surface area (Å²) in [4.78, 5) is 40.7. The van der Waals surface area contributed by atoms with Crippen LogP contribution in [0.25, 0.3) is 5.57 Å². The van der Waals surface area contributed by atoms with E-state index in [0.29, 0.717) is 29.1 Å². The molecule has 0 radical (unpaired) electrons. The van der Waals surface area contributed by atoms with Crippen LogP contribution in [0.15, 0.2) is 60.3 Å². The molecule has 0 atom stereocenters. The highest BCUT2D eigenvalue weighted by Gasteiger charge is 2.40. The molecular formula is C23H25N3O3. The van der Waals surface area contributed by atoms with Crippen molar-refractivity contribution in [2.45, 2.75) is 26.7 Å². The van der Waals surface area contributed by atoms with Gasteiger partial charge in [0.05, 0.1) is 5.57 Å². The third kappa shape index (κ3) is 4.21. The third-order valence-electron chi connectivity index (χ3n) is 4.85. The summed E-state index contributed by atoms with van der Waals surface area (Å²) in [5.74, 6) is -0.733. The summed E-state index contributed by atoms with van der Waals surface area (Å²) < 4.78 is 0. The number of nitrogens with one attached hydrogen (secondary N) is 1. The molecule has 1 N–H and O–H groups in total. The number of imide groups is 1. The van der Waals surface area contributed by atoms with Gasteiger partial charge in [-0.2, -0.15) is 0 Å². The van der Waals surface area contributed by atoms with Gasteiger partial charge < -0.3 is 10.2 Å². The maximum Gasteiger partial charge on any atom is 0.278 e. The van der Waals surface area contributed by atoms with Crippen molar-refractivity contribution in [2.24, 2.45) is 0 Å². The van der Waals surface area contributed by atoms with Crippen LogP contribution in [0.5, 0.6) is 0 Å². The van der Waals surface area contributed by atoms with Gasteiger partial charge in [-0.25, -0.2) is 0 Å². The van der Waals surface area contributed by atoms with Gasteiger partial charge in [-0.3, -0.25) is 19.3 Å². The minimum Gasteiger partial charge on any atom is -0.339 e. The molecule has 1 aliphatic rings. The number of carbonyl (C=O) groups is 3. The van der Waals surface area contributed by atoms with Crippen molar-refractivity contribution in [3.8, 4) is 0 Å². The number of anilines is 2. The van der Waals surface area contributed by atoms with Crippen molar-refractivity contribution < 1.29 is 14.4 Å². The number of amides is 3. The number of unbranched alkanes of at least 4 members (excludes halogenated alkanes) is 1. The standard InChI is InChI=1S/C23H25N3O3/c1-4-5-15-26-22(28)20(17-11-13-18(14-12-17)24-16(2)27)21(23(26)29)25(3)19-9-7-6-8-10-19/h6-14H,4-5,15H2,1-3H3,(H,24,27). The Morgan fingerprint density at radius 3 is 2.24 bits per heavy atom. The molecular weight excluding hydrogens is 366 g/mol. The minimum atomic E-state index is -0.284. The average Bonchev–Trinajstić information content (AvgIpc) is 2.96. The highest BCUT2D eigenvalue weighted by Crippen LogP contribution is 2.34. The SMILES string of the molecule is CCCCN1C(=O)C(c2ccc(NC(C)=O)cc2)=C(N(C)c2ccccc2)C1=O. The highest BCUT2D eigenvalue weighted by molar-refractivity contribution is 6.36. The van der Waals surface area contributed by atoms with E-state index in [4.69, 9.17) is 0 Å². The van der Waals surface area contributed by atoms with Gasteiger partial charge in [-0.1, -0.05) is 43.7 Å². The zero-order valence-corrected chi connectivity index (χ0v) is 16.9. The fourth-order valence-electron chi connectivity index (χ4n) is 3.36. The van der Waals surface area contributed by atoms with Gasteiger partial charge in [0.1, 0.15) is 5.70 Å². The maximum atomic E-state index is 13.2. The second-order valence-electron chi connectivity index (χ2n) is 6.99. The number of hydrogen-bond donors (Lipinski definition) is 1. The Morgan fingerprint density at radius 1 is 1.00 bits per heavy atom. The van der Waals surface area contributed by atoms with E-state index in [9.17, 15) is 14.4 Å². The van der Waals surface area contributed by atoms with E-state index in [1.165, 1.54) is 11.8 Å². The van der Waals surface area contributed by atoms with Crippen LogP contribution in [-0.4, -0.2) is 36.2 Å². The fourth-order valence-corrected chi connectivity index (χ4v) is 3.36. The summed E-state index contributed by atoms with van der Waals surface area (Å²) in [6.45, 7) is 3.86. The zero-order valence-electron chi connectivity index (χ0n) is 16.9. The van der Waals surface area contributed by atoms with Crippen molar-refractivity contribution in [1.82, 2.24) is 4.90 Å². The van der Waals surface area contributed by atoms with E-state index in [1.54, 1.807) is 36.2 Å². The lowest BCUT2D eigenvalue weighted by molar-refractivity contribution is -0.137. The minimum absolute atomic E-state index is 0.167. The molecule has 6 heteroatoms. The van der Waals surface area contributed by atoms with Gasteiger partial charge in [0.15, 0.2) is 0 Å². The lowest BCUT2D eigenvalue weighted by Crippen LogP contribution is -2.35. The van der Waals surface area contributed by atoms with E-state index < -0.39 is 0 Å². The third-order valence-corrected chi connectivity index (χ3v) is 4.85. The Kier molecular flexibility index (Phi) is 6.12. The van der Waals surface area contributed by atoms with Crippen LogP contribution in [0, 0.1) is 0 Å². The summed E-state index contributed by atoms with van der Waals surface area (Å²) in [6.07, 6.45) is 1.65. The predicted molar refractivity (Wildman–Crippen MR) is 114 cm³/mol. The monoisotopic (exact) mass is 391 g/mol. The largest absolute Gasteiger partial charge is 0.339 e. The molecule has 0 aliphatic carbocycles. The van der Waals surface area contributed by atoms with E-state index in [-0.39, 0.29) is 17.7 Å². The first kappa shape index (κ1) is 20.3. The Bertz CT molecular complexity index is 949. The molecule has 2 aromatic carbocycles. The predicted octanol–water partition coefficient (Wildman–Crippen LogP) is 3.66. The van der Waals surface area contributed by atoms with Crippen LogP contribution in [0.2, 0.25) is 0 Å². The van der Waals surface area contributed by atoms with Crippen LogP contribution in [0.4, 0.5) is 11.4 Å². The zero-order chi connectivity index (χ0) is 21.0. The van der Waals surface area contributed by atoms with Crippen LogP contribution in [0.1, 0.15) is 32.3 Å². The van der Waals surface area contributed by atoms with Gasteiger partial charge in [0.25, 0.3) is 11.8 Å². The van der Waals surface area contributed by atoms with Gasteiger partial charge in [0.2, 0.25) is 5.91 Å². The van der Waals surface area contributed by atoms with Gasteiger partial charge >= 0.3 is 0 Å². The van der Waals surface area contributed by atoms with Gasteiger partial charge in [-0.05, 0) is 36.2 Å². The molecule has 0 unspecified atom stereocenters. The van der Waals surface area contributed by atoms with Crippen molar-refractivity contribution in [3.05, 3.63) is 65.9 Å². The first-order chi connectivity index (χ1) is 13.9. The lowest BCUT2D eigenvalue weighted by Gasteiger charge is -2.21. The first-order valence-corrected chi connectivity index (χ1v) is 9.71. The molecule has 1 aliphatic heterocycles. The second-order valence-corrected chi connectivity index (χ2v) is 6.99. The molecule has 0 saturated carbocycles. The van der Waals surface area contributed by atoms with Crippen LogP contribution < -0.4 is 10.2 Å². The van der Waals surface area contributed by atoms with Crippen LogP contribution in [0.3, 0.4) is 0 Å². The van der Waals surface area contributed by atoms with Crippen LogP contribution in [-0.2, 0) is 14.4 Å². The molecule has 3 rings (SSSR count). The Hall–Kier alpha value is -3.41. The van der Waals surface area contributed by atoms with Gasteiger partial charge in [0, 0.05) is 31.9 Å². The quantitative estimate of drug-likeness (QED) is 0.732. The molecule has 0 bridgehead atoms. The van der Waals surface area contributed by atoms with Crippen molar-refractivity contribution >= 4 is 34.7 Å². The summed E-state index contributed by atoms with van der Waals surface area (Å²) in [7, 11) is 1.80. The molecule has 29 heavy (non-hydrogen) atoms. The summed E-state index contributed by atoms with van der Waals surface area (Å²) >= 11 is 0. The number of para-hydroxylation sites is 1. The highest BCUT2D eigenvalue weighted by atomic mass is 16.2. The normalized spacial score (nSPS) is 13.8. The second kappa shape index (κ2) is 8.73. The molecule has 0 saturated heterocycles. The van der Waals surface area contributed by atoms with Crippen molar-refractivity contribution in [1.29, 1.82) is 0 Å². The van der Waals surface area contributed by atoms with E-state index in [0.717, 1.165) is 18.5 Å². The molecule has 0 aromatic heterocycles. The van der Waals surface area contributed by atoms with Crippen LogP contribution >= 0.6 is 0 Å². The number of nitrogens with zero attached hydrogens (tertiary/aromatic N) is 2. The van der Waals surface area contributed by atoms with Crippen molar-refractivity contribution in [3.63, 3.8) is 0 Å². The van der Waals surface area contributed by atoms with E-state index >= 15 is 0 Å². The number of carbonyl (C=O) groups excluding carboxylic acids is 3. The average molecular weight is 391 g/mol. The molecule has 3 amide bonds. The molecule has 2 aromatic rings. The number of likely N-dealkylation sites (N-methyl/N-ethyl adjacent to an activating group) is 1. The van der Waals surface area contributed by atoms with E-state index in [1.807, 2.05) is 37.3 Å². The Balaban J connectivity index is 2.05. The molecule has 1 heterocycles. The molecule has 0 fully saturated rings. The first-order valence-electron chi connectivity index (χ1n) is 9.71. The van der Waals surface area contributed by atoms with Crippen molar-refractivity contribution in [2.75, 3.05) is 23.8 Å².